The summed E-state index contributed by atoms with van der Waals surface area (Å²) in [5.41, 5.74) is 6.41. The van der Waals surface area contributed by atoms with Crippen LogP contribution in [0.3, 0.4) is 0 Å². The van der Waals surface area contributed by atoms with Gasteiger partial charge in [-0.1, -0.05) is 48.5 Å². The molecule has 0 radical (unpaired) electrons. The first-order chi connectivity index (χ1) is 10.3. The number of nitrogens with zero attached hydrogens (tertiary/aromatic N) is 1. The molecule has 0 amide bonds. The molecule has 0 atom stereocenters. The van der Waals surface area contributed by atoms with E-state index in [9.17, 15) is 0 Å². The van der Waals surface area contributed by atoms with E-state index >= 15 is 0 Å². The first-order valence-corrected chi connectivity index (χ1v) is 7.31. The predicted octanol–water partition coefficient (Wildman–Crippen LogP) is 5.40. The van der Waals surface area contributed by atoms with Crippen LogP contribution >= 0.6 is 0 Å². The average molecular weight is 271 g/mol. The van der Waals surface area contributed by atoms with Gasteiger partial charge in [0.25, 0.3) is 0 Å². The van der Waals surface area contributed by atoms with Gasteiger partial charge >= 0.3 is 0 Å². The van der Waals surface area contributed by atoms with Gasteiger partial charge in [0.15, 0.2) is 0 Å². The van der Waals surface area contributed by atoms with Crippen molar-refractivity contribution < 1.29 is 0 Å². The van der Waals surface area contributed by atoms with E-state index in [1.54, 1.807) is 0 Å². The largest absolute Gasteiger partial charge is 0.309 e. The molecule has 1 heterocycles. The van der Waals surface area contributed by atoms with Crippen LogP contribution in [-0.2, 0) is 0 Å². The lowest BCUT2D eigenvalue weighted by molar-refractivity contribution is 1.17. The van der Waals surface area contributed by atoms with Crippen LogP contribution in [0, 0.1) is 13.8 Å². The lowest BCUT2D eigenvalue weighted by Crippen LogP contribution is -1.94. The van der Waals surface area contributed by atoms with Crippen LogP contribution in [0.25, 0.3) is 27.5 Å². The molecule has 1 heteroatoms. The number of hydrogen-bond acceptors (Lipinski definition) is 0. The second-order valence-corrected chi connectivity index (χ2v) is 5.66. The normalized spacial score (nSPS) is 11.3. The quantitative estimate of drug-likeness (QED) is 0.437. The number of rotatable bonds is 1. The van der Waals surface area contributed by atoms with Crippen molar-refractivity contribution >= 4 is 21.8 Å². The Labute approximate surface area is 124 Å². The second kappa shape index (κ2) is 4.49. The maximum Gasteiger partial charge on any atom is 0.0570 e. The molecule has 1 nitrogen and oxygen atoms in total. The summed E-state index contributed by atoms with van der Waals surface area (Å²) in [7, 11) is 0. The zero-order chi connectivity index (χ0) is 14.4. The smallest absolute Gasteiger partial charge is 0.0570 e. The predicted molar refractivity (Wildman–Crippen MR) is 90.3 cm³/mol. The van der Waals surface area contributed by atoms with Gasteiger partial charge in [-0.3, -0.25) is 0 Å². The van der Waals surface area contributed by atoms with Crippen molar-refractivity contribution in [2.24, 2.45) is 0 Å². The Morgan fingerprint density at radius 1 is 0.714 bits per heavy atom. The summed E-state index contributed by atoms with van der Waals surface area (Å²) in [6, 6.07) is 23.9. The van der Waals surface area contributed by atoms with Crippen molar-refractivity contribution in [3.8, 4) is 5.69 Å². The van der Waals surface area contributed by atoms with E-state index < -0.39 is 0 Å². The summed E-state index contributed by atoms with van der Waals surface area (Å²) in [5, 5.41) is 2.65. The van der Waals surface area contributed by atoms with Crippen molar-refractivity contribution in [3.05, 3.63) is 77.9 Å². The van der Waals surface area contributed by atoms with E-state index in [4.69, 9.17) is 0 Å². The third-order valence-electron chi connectivity index (χ3n) is 4.16. The van der Waals surface area contributed by atoms with Gasteiger partial charge in [0.2, 0.25) is 0 Å². The maximum absolute atomic E-state index is 2.38. The van der Waals surface area contributed by atoms with E-state index in [0.29, 0.717) is 0 Å². The molecule has 1 aromatic heterocycles. The molecule has 21 heavy (non-hydrogen) atoms. The SMILES string of the molecule is Cc1ccc2c3cccc(C)c3n(-c3ccccc3)c2c1. The Balaban J connectivity index is 2.27. The average Bonchev–Trinajstić information content (AvgIpc) is 2.83. The van der Waals surface area contributed by atoms with E-state index in [2.05, 4.69) is 85.1 Å². The summed E-state index contributed by atoms with van der Waals surface area (Å²) in [4.78, 5) is 0. The lowest BCUT2D eigenvalue weighted by atomic mass is 10.1. The highest BCUT2D eigenvalue weighted by atomic mass is 15.0. The molecule has 4 aromatic rings. The molecule has 102 valence electrons. The molecule has 0 saturated heterocycles. The molecule has 0 fully saturated rings. The molecule has 0 aliphatic carbocycles. The van der Waals surface area contributed by atoms with Crippen LogP contribution in [0.2, 0.25) is 0 Å². The molecule has 0 aliphatic heterocycles. The summed E-state index contributed by atoms with van der Waals surface area (Å²) in [6.07, 6.45) is 0. The van der Waals surface area contributed by atoms with Gasteiger partial charge < -0.3 is 4.57 Å². The minimum Gasteiger partial charge on any atom is -0.309 e. The van der Waals surface area contributed by atoms with Gasteiger partial charge in [-0.25, -0.2) is 0 Å². The first-order valence-electron chi connectivity index (χ1n) is 7.31. The van der Waals surface area contributed by atoms with Crippen LogP contribution in [-0.4, -0.2) is 4.57 Å². The van der Waals surface area contributed by atoms with Crippen molar-refractivity contribution in [2.45, 2.75) is 13.8 Å². The van der Waals surface area contributed by atoms with Crippen LogP contribution in [0.4, 0.5) is 0 Å². The van der Waals surface area contributed by atoms with Gasteiger partial charge in [0.1, 0.15) is 0 Å². The Morgan fingerprint density at radius 3 is 2.33 bits per heavy atom. The lowest BCUT2D eigenvalue weighted by Gasteiger charge is -2.09. The molecule has 0 bridgehead atoms. The molecule has 0 saturated carbocycles. The van der Waals surface area contributed by atoms with Crippen molar-refractivity contribution in [2.75, 3.05) is 0 Å². The van der Waals surface area contributed by atoms with E-state index in [1.165, 1.54) is 38.6 Å². The fraction of sp³-hybridized carbons (Fsp3) is 0.100. The highest BCUT2D eigenvalue weighted by molar-refractivity contribution is 6.10. The fourth-order valence-corrected chi connectivity index (χ4v) is 3.19. The van der Waals surface area contributed by atoms with E-state index in [-0.39, 0.29) is 0 Å². The minimum atomic E-state index is 1.22. The number of aryl methyl sites for hydroxylation is 2. The summed E-state index contributed by atoms with van der Waals surface area (Å²) in [6.45, 7) is 4.34. The third kappa shape index (κ3) is 1.78. The monoisotopic (exact) mass is 271 g/mol. The Hall–Kier alpha value is -2.54. The van der Waals surface area contributed by atoms with Crippen molar-refractivity contribution in [1.29, 1.82) is 0 Å². The van der Waals surface area contributed by atoms with Gasteiger partial charge in [0, 0.05) is 16.5 Å². The zero-order valence-electron chi connectivity index (χ0n) is 12.3. The number of fused-ring (bicyclic) bond motifs is 3. The zero-order valence-corrected chi connectivity index (χ0v) is 12.3. The van der Waals surface area contributed by atoms with Crippen LogP contribution in [0.1, 0.15) is 11.1 Å². The molecule has 0 unspecified atom stereocenters. The number of hydrogen-bond donors (Lipinski definition) is 0. The number of benzene rings is 3. The van der Waals surface area contributed by atoms with Crippen molar-refractivity contribution in [1.82, 2.24) is 4.57 Å². The Bertz CT molecular complexity index is 946. The van der Waals surface area contributed by atoms with E-state index in [0.717, 1.165) is 0 Å². The molecular formula is C20H17N. The van der Waals surface area contributed by atoms with Gasteiger partial charge in [-0.15, -0.1) is 0 Å². The number of aromatic nitrogens is 1. The maximum atomic E-state index is 2.38. The van der Waals surface area contributed by atoms with Crippen LogP contribution in [0.5, 0.6) is 0 Å². The van der Waals surface area contributed by atoms with Crippen LogP contribution in [0.15, 0.2) is 66.7 Å². The van der Waals surface area contributed by atoms with E-state index in [1.807, 2.05) is 0 Å². The summed E-state index contributed by atoms with van der Waals surface area (Å²) < 4.78 is 2.38. The first kappa shape index (κ1) is 12.2. The summed E-state index contributed by atoms with van der Waals surface area (Å²) in [5.74, 6) is 0. The highest BCUT2D eigenvalue weighted by Gasteiger charge is 2.13. The topological polar surface area (TPSA) is 4.93 Å². The van der Waals surface area contributed by atoms with Gasteiger partial charge in [-0.05, 0) is 43.2 Å². The molecule has 0 aliphatic rings. The fourth-order valence-electron chi connectivity index (χ4n) is 3.19. The minimum absolute atomic E-state index is 1.22. The molecule has 0 N–H and O–H groups in total. The summed E-state index contributed by atoms with van der Waals surface area (Å²) >= 11 is 0. The Kier molecular flexibility index (Phi) is 2.61. The standard InChI is InChI=1S/C20H17N/c1-14-11-12-17-18-10-6-7-15(2)20(18)21(19(17)13-14)16-8-4-3-5-9-16/h3-13H,1-2H3. The number of para-hydroxylation sites is 2. The van der Waals surface area contributed by atoms with Crippen molar-refractivity contribution in [3.63, 3.8) is 0 Å². The van der Waals surface area contributed by atoms with Crippen LogP contribution < -0.4 is 0 Å². The van der Waals surface area contributed by atoms with Gasteiger partial charge in [0.05, 0.1) is 11.0 Å². The molecule has 0 spiro atoms. The Morgan fingerprint density at radius 2 is 1.52 bits per heavy atom. The highest BCUT2D eigenvalue weighted by Crippen LogP contribution is 2.34. The second-order valence-electron chi connectivity index (χ2n) is 5.66. The molecule has 4 rings (SSSR count). The molecule has 3 aromatic carbocycles. The third-order valence-corrected chi connectivity index (χ3v) is 4.16. The van der Waals surface area contributed by atoms with Gasteiger partial charge in [-0.2, -0.15) is 0 Å². The molecular weight excluding hydrogens is 254 g/mol.